The van der Waals surface area contributed by atoms with Crippen LogP contribution >= 0.6 is 11.8 Å². The van der Waals surface area contributed by atoms with E-state index >= 15 is 0 Å². The zero-order chi connectivity index (χ0) is 24.8. The van der Waals surface area contributed by atoms with Crippen molar-refractivity contribution in [1.82, 2.24) is 16.0 Å². The van der Waals surface area contributed by atoms with Gasteiger partial charge >= 0.3 is 5.97 Å². The fourth-order valence-corrected chi connectivity index (χ4v) is 3.20. The van der Waals surface area contributed by atoms with Gasteiger partial charge in [-0.3, -0.25) is 14.4 Å². The van der Waals surface area contributed by atoms with Gasteiger partial charge in [0.15, 0.2) is 6.04 Å². The maximum Gasteiger partial charge on any atom is 0.328 e. The molecule has 32 heavy (non-hydrogen) atoms. The summed E-state index contributed by atoms with van der Waals surface area (Å²) in [6.07, 6.45) is 0.716. The fourth-order valence-electron chi connectivity index (χ4n) is 2.71. The highest BCUT2D eigenvalue weighted by Gasteiger charge is 2.33. The Hall–Kier alpha value is -1.93. The van der Waals surface area contributed by atoms with Crippen LogP contribution in [-0.2, 0) is 19.2 Å². The first-order valence-electron chi connectivity index (χ1n) is 10.4. The number of carboxylic acids is 1. The van der Waals surface area contributed by atoms with Gasteiger partial charge in [-0.1, -0.05) is 0 Å². The lowest BCUT2D eigenvalue weighted by Crippen LogP contribution is -2.60. The maximum absolute atomic E-state index is 12.8. The largest absolute Gasteiger partial charge is 0.480 e. The van der Waals surface area contributed by atoms with E-state index in [4.69, 9.17) is 11.5 Å². The Balaban J connectivity index is 5.37. The van der Waals surface area contributed by atoms with Crippen LogP contribution in [0.4, 0.5) is 0 Å². The van der Waals surface area contributed by atoms with Crippen LogP contribution in [0, 0.1) is 0 Å². The van der Waals surface area contributed by atoms with E-state index in [-0.39, 0.29) is 6.42 Å². The molecular weight excluding hydrogens is 442 g/mol. The van der Waals surface area contributed by atoms with Gasteiger partial charge in [0.1, 0.15) is 12.1 Å². The first kappa shape index (κ1) is 30.1. The molecule has 0 aliphatic heterocycles. The van der Waals surface area contributed by atoms with Crippen LogP contribution in [-0.4, -0.2) is 93.9 Å². The molecule has 0 bridgehead atoms. The van der Waals surface area contributed by atoms with E-state index in [0.717, 1.165) is 0 Å². The molecule has 0 rings (SSSR count). The Bertz CT molecular complexity index is 621. The highest BCUT2D eigenvalue weighted by Crippen LogP contribution is 2.06. The summed E-state index contributed by atoms with van der Waals surface area (Å²) in [6, 6.07) is -4.99. The molecule has 0 aromatic carbocycles. The van der Waals surface area contributed by atoms with Crippen molar-refractivity contribution in [3.63, 3.8) is 0 Å². The lowest BCUT2D eigenvalue weighted by Gasteiger charge is -2.27. The molecule has 0 saturated heterocycles. The summed E-state index contributed by atoms with van der Waals surface area (Å²) in [5.74, 6) is -3.08. The average Bonchev–Trinajstić information content (AvgIpc) is 2.71. The van der Waals surface area contributed by atoms with E-state index < -0.39 is 60.1 Å². The number of unbranched alkanes of at least 4 members (excludes halogenated alkanes) is 1. The van der Waals surface area contributed by atoms with Crippen molar-refractivity contribution in [2.75, 3.05) is 18.6 Å². The third kappa shape index (κ3) is 11.1. The topological polar surface area (TPSA) is 217 Å². The van der Waals surface area contributed by atoms with Gasteiger partial charge in [0, 0.05) is 0 Å². The van der Waals surface area contributed by atoms with E-state index in [1.807, 2.05) is 6.26 Å². The van der Waals surface area contributed by atoms with Gasteiger partial charge in [-0.05, 0) is 58.1 Å². The molecule has 0 aliphatic carbocycles. The summed E-state index contributed by atoms with van der Waals surface area (Å²) >= 11 is 1.51. The minimum absolute atomic E-state index is 0.134. The summed E-state index contributed by atoms with van der Waals surface area (Å²) in [6.45, 7) is 2.86. The number of nitrogens with two attached hydrogens (primary N) is 2. The van der Waals surface area contributed by atoms with Gasteiger partial charge in [0.05, 0.1) is 18.2 Å². The predicted molar refractivity (Wildman–Crippen MR) is 121 cm³/mol. The monoisotopic (exact) mass is 479 g/mol. The van der Waals surface area contributed by atoms with Crippen molar-refractivity contribution in [2.45, 2.75) is 75.9 Å². The SMILES string of the molecule is CSCC[C@H](N)C(=O)N[C@H](C(=O)N[C@@H](CCCCN)C(=O)N[C@H](C(=O)O)[C@@H](C)O)[C@@H](C)O. The summed E-state index contributed by atoms with van der Waals surface area (Å²) in [7, 11) is 0. The summed E-state index contributed by atoms with van der Waals surface area (Å²) in [4.78, 5) is 48.9. The number of aliphatic carboxylic acids is 1. The Morgan fingerprint density at radius 3 is 1.91 bits per heavy atom. The smallest absolute Gasteiger partial charge is 0.328 e. The number of aliphatic hydroxyl groups is 2. The molecule has 3 amide bonds. The Morgan fingerprint density at radius 2 is 1.44 bits per heavy atom. The zero-order valence-electron chi connectivity index (χ0n) is 18.7. The van der Waals surface area contributed by atoms with E-state index in [2.05, 4.69) is 16.0 Å². The van der Waals surface area contributed by atoms with Crippen LogP contribution in [0.15, 0.2) is 0 Å². The third-order valence-corrected chi connectivity index (χ3v) is 5.30. The first-order valence-corrected chi connectivity index (χ1v) is 11.8. The molecule has 0 aromatic rings. The minimum atomic E-state index is -1.57. The van der Waals surface area contributed by atoms with Crippen LogP contribution in [0.25, 0.3) is 0 Å². The standard InChI is InChI=1S/C19H37N5O7S/c1-10(25)14(23-16(27)12(21)7-9-32-3)18(29)22-13(6-4-5-8-20)17(28)24-15(11(2)26)19(30)31/h10-15,25-26H,4-9,20-21H2,1-3H3,(H,22,29)(H,23,27)(H,24,28)(H,30,31)/t10-,11-,12+,13+,14+,15+/m1/s1. The molecule has 0 aliphatic rings. The number of hydrogen-bond donors (Lipinski definition) is 8. The van der Waals surface area contributed by atoms with Crippen LogP contribution in [0.3, 0.4) is 0 Å². The molecule has 0 radical (unpaired) electrons. The number of hydrogen-bond acceptors (Lipinski definition) is 9. The number of rotatable bonds is 16. The van der Waals surface area contributed by atoms with Gasteiger partial charge in [0.2, 0.25) is 17.7 Å². The molecule has 0 heterocycles. The summed E-state index contributed by atoms with van der Waals surface area (Å²) in [5, 5.41) is 35.8. The van der Waals surface area contributed by atoms with Gasteiger partial charge < -0.3 is 42.7 Å². The quantitative estimate of drug-likeness (QED) is 0.109. The second kappa shape index (κ2) is 15.8. The first-order chi connectivity index (χ1) is 15.0. The number of carbonyl (C=O) groups excluding carboxylic acids is 3. The Morgan fingerprint density at radius 1 is 0.875 bits per heavy atom. The minimum Gasteiger partial charge on any atom is -0.480 e. The average molecular weight is 480 g/mol. The molecule has 186 valence electrons. The molecule has 13 heteroatoms. The summed E-state index contributed by atoms with van der Waals surface area (Å²) in [5.41, 5.74) is 11.3. The molecule has 0 unspecified atom stereocenters. The van der Waals surface area contributed by atoms with Gasteiger partial charge in [-0.15, -0.1) is 0 Å². The lowest BCUT2D eigenvalue weighted by atomic mass is 10.0. The van der Waals surface area contributed by atoms with Crippen LogP contribution in [0.1, 0.15) is 39.5 Å². The molecular formula is C19H37N5O7S. The number of nitrogens with one attached hydrogen (secondary N) is 3. The van der Waals surface area contributed by atoms with Gasteiger partial charge in [0.25, 0.3) is 0 Å². The molecule has 0 fully saturated rings. The van der Waals surface area contributed by atoms with Crippen molar-refractivity contribution < 1.29 is 34.5 Å². The number of amides is 3. The number of thioether (sulfide) groups is 1. The van der Waals surface area contributed by atoms with Crippen LogP contribution in [0.5, 0.6) is 0 Å². The van der Waals surface area contributed by atoms with E-state index in [0.29, 0.717) is 31.6 Å². The van der Waals surface area contributed by atoms with E-state index in [1.54, 1.807) is 0 Å². The number of aliphatic hydroxyl groups excluding tert-OH is 2. The predicted octanol–water partition coefficient (Wildman–Crippen LogP) is -2.50. The van der Waals surface area contributed by atoms with Crippen molar-refractivity contribution in [2.24, 2.45) is 11.5 Å². The molecule has 6 atom stereocenters. The molecule has 0 aromatic heterocycles. The van der Waals surface area contributed by atoms with Crippen LogP contribution in [0.2, 0.25) is 0 Å². The van der Waals surface area contributed by atoms with E-state index in [1.165, 1.54) is 25.6 Å². The highest BCUT2D eigenvalue weighted by molar-refractivity contribution is 7.98. The molecule has 0 saturated carbocycles. The van der Waals surface area contributed by atoms with E-state index in [9.17, 15) is 34.5 Å². The third-order valence-electron chi connectivity index (χ3n) is 4.66. The van der Waals surface area contributed by atoms with Crippen molar-refractivity contribution in [3.05, 3.63) is 0 Å². The Labute approximate surface area is 192 Å². The number of carboxylic acid groups (broad SMARTS) is 1. The van der Waals surface area contributed by atoms with Gasteiger partial charge in [-0.2, -0.15) is 11.8 Å². The lowest BCUT2D eigenvalue weighted by molar-refractivity contribution is -0.145. The number of carbonyl (C=O) groups is 4. The second-order valence-electron chi connectivity index (χ2n) is 7.53. The normalized spacial score (nSPS) is 16.7. The molecule has 0 spiro atoms. The molecule has 10 N–H and O–H groups in total. The summed E-state index contributed by atoms with van der Waals surface area (Å²) < 4.78 is 0. The van der Waals surface area contributed by atoms with Crippen molar-refractivity contribution in [1.29, 1.82) is 0 Å². The Kier molecular flexibility index (Phi) is 14.9. The second-order valence-corrected chi connectivity index (χ2v) is 8.51. The maximum atomic E-state index is 12.8. The van der Waals surface area contributed by atoms with Crippen molar-refractivity contribution >= 4 is 35.5 Å². The van der Waals surface area contributed by atoms with Gasteiger partial charge in [-0.25, -0.2) is 4.79 Å². The van der Waals surface area contributed by atoms with Crippen LogP contribution < -0.4 is 27.4 Å². The fraction of sp³-hybridized carbons (Fsp3) is 0.789. The van der Waals surface area contributed by atoms with Crippen molar-refractivity contribution in [3.8, 4) is 0 Å². The zero-order valence-corrected chi connectivity index (χ0v) is 19.6. The highest BCUT2D eigenvalue weighted by atomic mass is 32.2. The molecule has 12 nitrogen and oxygen atoms in total.